The van der Waals surface area contributed by atoms with Crippen molar-refractivity contribution in [1.82, 2.24) is 0 Å². The fraction of sp³-hybridized carbons (Fsp3) is 0.0833. The lowest BCUT2D eigenvalue weighted by Crippen LogP contribution is -1.98. The number of aliphatic imine (C=N–C) groups is 1. The summed E-state index contributed by atoms with van der Waals surface area (Å²) >= 11 is 0. The van der Waals surface area contributed by atoms with Gasteiger partial charge in [0.05, 0.1) is 0 Å². The molecule has 0 saturated heterocycles. The van der Waals surface area contributed by atoms with Gasteiger partial charge in [0.15, 0.2) is 0 Å². The van der Waals surface area contributed by atoms with Crippen molar-refractivity contribution in [1.29, 1.82) is 0 Å². The van der Waals surface area contributed by atoms with E-state index in [1.54, 1.807) is 12.4 Å². The average molecular weight is 186 g/mol. The number of benzene rings is 1. The molecule has 0 aliphatic heterocycles. The predicted octanol–water partition coefficient (Wildman–Crippen LogP) is 2.59. The molecule has 1 aromatic carbocycles. The van der Waals surface area contributed by atoms with Gasteiger partial charge in [-0.3, -0.25) is 4.99 Å². The third kappa shape index (κ3) is 2.59. The Morgan fingerprint density at radius 3 is 2.50 bits per heavy atom. The lowest BCUT2D eigenvalue weighted by molar-refractivity contribution is 1.41. The third-order valence-corrected chi connectivity index (χ3v) is 1.78. The van der Waals surface area contributed by atoms with Crippen molar-refractivity contribution in [2.75, 3.05) is 0 Å². The van der Waals surface area contributed by atoms with Gasteiger partial charge >= 0.3 is 0 Å². The molecule has 0 unspecified atom stereocenters. The minimum atomic E-state index is 0.529. The van der Waals surface area contributed by atoms with Crippen molar-refractivity contribution in [3.05, 3.63) is 54.4 Å². The van der Waals surface area contributed by atoms with Crippen molar-refractivity contribution in [3.63, 3.8) is 0 Å². The molecule has 2 heteroatoms. The highest BCUT2D eigenvalue weighted by molar-refractivity contribution is 5.78. The first-order chi connectivity index (χ1) is 6.75. The number of hydrogen-bond donors (Lipinski definition) is 1. The molecular formula is C12H14N2. The topological polar surface area (TPSA) is 38.4 Å². The summed E-state index contributed by atoms with van der Waals surface area (Å²) in [5, 5.41) is 0. The van der Waals surface area contributed by atoms with Gasteiger partial charge in [-0.25, -0.2) is 0 Å². The minimum absolute atomic E-state index is 0.529. The van der Waals surface area contributed by atoms with E-state index in [2.05, 4.69) is 11.6 Å². The number of hydrogen-bond acceptors (Lipinski definition) is 2. The van der Waals surface area contributed by atoms with Crippen LogP contribution in [0.1, 0.15) is 12.5 Å². The first kappa shape index (κ1) is 10.3. The van der Waals surface area contributed by atoms with Crippen LogP contribution in [0.25, 0.3) is 5.57 Å². The van der Waals surface area contributed by atoms with Crippen molar-refractivity contribution < 1.29 is 0 Å². The Morgan fingerprint density at radius 2 is 2.00 bits per heavy atom. The average Bonchev–Trinajstić information content (AvgIpc) is 2.19. The number of rotatable bonds is 3. The van der Waals surface area contributed by atoms with Crippen molar-refractivity contribution >= 4 is 11.8 Å². The van der Waals surface area contributed by atoms with Crippen LogP contribution in [-0.4, -0.2) is 6.21 Å². The molecule has 0 heterocycles. The smallest absolute Gasteiger partial charge is 0.0362 e. The van der Waals surface area contributed by atoms with Crippen LogP contribution in [0.2, 0.25) is 0 Å². The van der Waals surface area contributed by atoms with Gasteiger partial charge < -0.3 is 5.73 Å². The first-order valence-electron chi connectivity index (χ1n) is 4.44. The van der Waals surface area contributed by atoms with Gasteiger partial charge in [-0.15, -0.1) is 0 Å². The standard InChI is InChI=1S/C12H14N2/c1-3-14-9-12(10(2)13)11-7-5-4-6-8-11/h3-9H,2,13H2,1H3/b12-9+,14-3?. The van der Waals surface area contributed by atoms with E-state index in [1.807, 2.05) is 37.3 Å². The molecule has 0 radical (unpaired) electrons. The van der Waals surface area contributed by atoms with Crippen LogP contribution in [-0.2, 0) is 0 Å². The Kier molecular flexibility index (Phi) is 3.68. The molecule has 0 aliphatic rings. The second kappa shape index (κ2) is 5.02. The maximum atomic E-state index is 5.67. The van der Waals surface area contributed by atoms with Crippen LogP contribution >= 0.6 is 0 Å². The van der Waals surface area contributed by atoms with Crippen molar-refractivity contribution in [3.8, 4) is 0 Å². The molecule has 0 amide bonds. The maximum Gasteiger partial charge on any atom is 0.0362 e. The summed E-state index contributed by atoms with van der Waals surface area (Å²) in [4.78, 5) is 4.04. The molecular weight excluding hydrogens is 172 g/mol. The third-order valence-electron chi connectivity index (χ3n) is 1.78. The summed E-state index contributed by atoms with van der Waals surface area (Å²) in [5.74, 6) is 0. The van der Waals surface area contributed by atoms with Gasteiger partial charge in [-0.2, -0.15) is 0 Å². The molecule has 0 fully saturated rings. The second-order valence-electron chi connectivity index (χ2n) is 2.84. The van der Waals surface area contributed by atoms with Crippen LogP contribution in [0.15, 0.2) is 53.8 Å². The van der Waals surface area contributed by atoms with Gasteiger partial charge in [0.2, 0.25) is 0 Å². The van der Waals surface area contributed by atoms with Crippen LogP contribution < -0.4 is 5.73 Å². The Morgan fingerprint density at radius 1 is 1.36 bits per heavy atom. The summed E-state index contributed by atoms with van der Waals surface area (Å²) in [6.07, 6.45) is 3.43. The zero-order valence-electron chi connectivity index (χ0n) is 8.27. The van der Waals surface area contributed by atoms with Crippen LogP contribution in [0.5, 0.6) is 0 Å². The quantitative estimate of drug-likeness (QED) is 0.572. The summed E-state index contributed by atoms with van der Waals surface area (Å²) < 4.78 is 0. The molecule has 2 N–H and O–H groups in total. The summed E-state index contributed by atoms with van der Waals surface area (Å²) in [7, 11) is 0. The first-order valence-corrected chi connectivity index (χ1v) is 4.44. The zero-order chi connectivity index (χ0) is 10.4. The highest BCUT2D eigenvalue weighted by atomic mass is 14.7. The highest BCUT2D eigenvalue weighted by Crippen LogP contribution is 2.18. The van der Waals surface area contributed by atoms with E-state index in [-0.39, 0.29) is 0 Å². The Hall–Kier alpha value is -1.83. The molecule has 72 valence electrons. The summed E-state index contributed by atoms with van der Waals surface area (Å²) in [6, 6.07) is 9.84. The van der Waals surface area contributed by atoms with Gasteiger partial charge in [0, 0.05) is 23.7 Å². The van der Waals surface area contributed by atoms with Crippen LogP contribution in [0.3, 0.4) is 0 Å². The van der Waals surface area contributed by atoms with Crippen molar-refractivity contribution in [2.24, 2.45) is 10.7 Å². The molecule has 0 bridgehead atoms. The Labute approximate surface area is 84.5 Å². The number of allylic oxidation sites excluding steroid dienone is 1. The minimum Gasteiger partial charge on any atom is -0.399 e. The lowest BCUT2D eigenvalue weighted by atomic mass is 10.1. The van der Waals surface area contributed by atoms with Gasteiger partial charge in [0.25, 0.3) is 0 Å². The Bertz CT molecular complexity index is 361. The fourth-order valence-electron chi connectivity index (χ4n) is 1.11. The van der Waals surface area contributed by atoms with Gasteiger partial charge in [-0.05, 0) is 12.5 Å². The van der Waals surface area contributed by atoms with Gasteiger partial charge in [0.1, 0.15) is 0 Å². The van der Waals surface area contributed by atoms with E-state index in [0.29, 0.717) is 5.70 Å². The molecule has 0 aliphatic carbocycles. The van der Waals surface area contributed by atoms with E-state index in [1.165, 1.54) is 0 Å². The normalized spacial score (nSPS) is 11.9. The van der Waals surface area contributed by atoms with E-state index in [4.69, 9.17) is 5.73 Å². The zero-order valence-corrected chi connectivity index (χ0v) is 8.27. The molecule has 0 atom stereocenters. The summed E-state index contributed by atoms with van der Waals surface area (Å²) in [6.45, 7) is 5.58. The van der Waals surface area contributed by atoms with E-state index >= 15 is 0 Å². The maximum absolute atomic E-state index is 5.67. The second-order valence-corrected chi connectivity index (χ2v) is 2.84. The van der Waals surface area contributed by atoms with E-state index < -0.39 is 0 Å². The fourth-order valence-corrected chi connectivity index (χ4v) is 1.11. The summed E-state index contributed by atoms with van der Waals surface area (Å²) in [5.41, 5.74) is 8.10. The van der Waals surface area contributed by atoms with Gasteiger partial charge in [-0.1, -0.05) is 36.9 Å². The van der Waals surface area contributed by atoms with E-state index in [9.17, 15) is 0 Å². The monoisotopic (exact) mass is 186 g/mol. The largest absolute Gasteiger partial charge is 0.399 e. The SMILES string of the molecule is C=C(N)/C(=C\N=CC)c1ccccc1. The molecule has 0 aromatic heterocycles. The molecule has 1 rings (SSSR count). The van der Waals surface area contributed by atoms with Crippen LogP contribution in [0.4, 0.5) is 0 Å². The predicted molar refractivity (Wildman–Crippen MR) is 61.9 cm³/mol. The lowest BCUT2D eigenvalue weighted by Gasteiger charge is -2.04. The highest BCUT2D eigenvalue weighted by Gasteiger charge is 2.00. The molecule has 0 spiro atoms. The number of nitrogens with zero attached hydrogens (tertiary/aromatic N) is 1. The molecule has 14 heavy (non-hydrogen) atoms. The van der Waals surface area contributed by atoms with Crippen molar-refractivity contribution in [2.45, 2.75) is 6.92 Å². The molecule has 1 aromatic rings. The van der Waals surface area contributed by atoms with Crippen LogP contribution in [0, 0.1) is 0 Å². The number of nitrogens with two attached hydrogens (primary N) is 1. The molecule has 0 saturated carbocycles. The Balaban J connectivity index is 3.07. The van der Waals surface area contributed by atoms with E-state index in [0.717, 1.165) is 11.1 Å². The molecule has 2 nitrogen and oxygen atoms in total.